The maximum Gasteiger partial charge on any atom is 0.262 e. The number of aromatic nitrogens is 2. The van der Waals surface area contributed by atoms with Crippen LogP contribution in [0.5, 0.6) is 0 Å². The van der Waals surface area contributed by atoms with Gasteiger partial charge < -0.3 is 19.8 Å². The number of nitrogens with one attached hydrogen (secondary N) is 2. The molecule has 3 N–H and O–H groups in total. The molecule has 0 saturated carbocycles. The van der Waals surface area contributed by atoms with E-state index in [0.29, 0.717) is 12.2 Å². The van der Waals surface area contributed by atoms with Crippen LogP contribution < -0.4 is 10.9 Å². The molecule has 108 valence electrons. The maximum absolute atomic E-state index is 12.3. The molecule has 0 aliphatic heterocycles. The first kappa shape index (κ1) is 14.3. The van der Waals surface area contributed by atoms with E-state index in [1.807, 2.05) is 0 Å². The van der Waals surface area contributed by atoms with Crippen molar-refractivity contribution < 1.29 is 14.3 Å². The second kappa shape index (κ2) is 5.09. The standard InChI is InChI=1S/C13H17N3O4/c1-7-8(11(19)16-13(2,3)4-5-17)9-10(18)14-6-15-12(9)20-7/h6,17H,4-5H2,1-3H3,(H,16,19)(H,14,15,18). The van der Waals surface area contributed by atoms with Crippen LogP contribution in [0.2, 0.25) is 0 Å². The minimum absolute atomic E-state index is 0.0411. The number of furan rings is 1. The smallest absolute Gasteiger partial charge is 0.262 e. The van der Waals surface area contributed by atoms with Gasteiger partial charge in [0.25, 0.3) is 11.5 Å². The minimum Gasteiger partial charge on any atom is -0.442 e. The Hall–Kier alpha value is -2.15. The van der Waals surface area contributed by atoms with Crippen molar-refractivity contribution in [2.24, 2.45) is 0 Å². The first-order valence-corrected chi connectivity index (χ1v) is 6.26. The number of nitrogens with zero attached hydrogens (tertiary/aromatic N) is 1. The summed E-state index contributed by atoms with van der Waals surface area (Å²) in [6.45, 7) is 5.15. The van der Waals surface area contributed by atoms with Crippen LogP contribution in [0.1, 0.15) is 36.4 Å². The molecule has 0 aliphatic rings. The number of aliphatic hydroxyl groups is 1. The first-order chi connectivity index (χ1) is 9.35. The average Bonchev–Trinajstić information content (AvgIpc) is 2.65. The third-order valence-electron chi connectivity index (χ3n) is 3.09. The van der Waals surface area contributed by atoms with Gasteiger partial charge in [-0.3, -0.25) is 9.59 Å². The number of amides is 1. The number of carbonyl (C=O) groups is 1. The van der Waals surface area contributed by atoms with Gasteiger partial charge >= 0.3 is 0 Å². The van der Waals surface area contributed by atoms with Gasteiger partial charge in [-0.2, -0.15) is 0 Å². The highest BCUT2D eigenvalue weighted by molar-refractivity contribution is 6.06. The average molecular weight is 279 g/mol. The van der Waals surface area contributed by atoms with Gasteiger partial charge in [-0.15, -0.1) is 0 Å². The van der Waals surface area contributed by atoms with E-state index in [-0.39, 0.29) is 23.3 Å². The molecule has 2 aromatic heterocycles. The summed E-state index contributed by atoms with van der Waals surface area (Å²) in [5.41, 5.74) is -0.690. The van der Waals surface area contributed by atoms with Gasteiger partial charge in [-0.05, 0) is 27.2 Å². The fourth-order valence-electron chi connectivity index (χ4n) is 2.04. The van der Waals surface area contributed by atoms with Crippen LogP contribution >= 0.6 is 0 Å². The maximum atomic E-state index is 12.3. The predicted octanol–water partition coefficient (Wildman–Crippen LogP) is 0.715. The summed E-state index contributed by atoms with van der Waals surface area (Å²) in [5, 5.41) is 11.9. The highest BCUT2D eigenvalue weighted by Gasteiger charge is 2.26. The van der Waals surface area contributed by atoms with Crippen molar-refractivity contribution in [2.75, 3.05) is 6.61 Å². The van der Waals surface area contributed by atoms with E-state index in [9.17, 15) is 9.59 Å². The van der Waals surface area contributed by atoms with Crippen molar-refractivity contribution >= 4 is 17.0 Å². The van der Waals surface area contributed by atoms with E-state index >= 15 is 0 Å². The van der Waals surface area contributed by atoms with Gasteiger partial charge in [0.1, 0.15) is 11.1 Å². The van der Waals surface area contributed by atoms with E-state index in [4.69, 9.17) is 9.52 Å². The van der Waals surface area contributed by atoms with E-state index < -0.39 is 17.0 Å². The zero-order valence-corrected chi connectivity index (χ0v) is 11.6. The lowest BCUT2D eigenvalue weighted by Gasteiger charge is -2.25. The van der Waals surface area contributed by atoms with E-state index in [0.717, 1.165) is 0 Å². The zero-order valence-electron chi connectivity index (χ0n) is 11.6. The monoisotopic (exact) mass is 279 g/mol. The molecule has 0 radical (unpaired) electrons. The van der Waals surface area contributed by atoms with Gasteiger partial charge in [0, 0.05) is 12.1 Å². The number of hydrogen-bond acceptors (Lipinski definition) is 5. The molecule has 0 spiro atoms. The molecule has 0 fully saturated rings. The van der Waals surface area contributed by atoms with Crippen molar-refractivity contribution in [3.8, 4) is 0 Å². The molecule has 7 heteroatoms. The lowest BCUT2D eigenvalue weighted by molar-refractivity contribution is 0.0899. The minimum atomic E-state index is -0.586. The quantitative estimate of drug-likeness (QED) is 0.764. The number of rotatable bonds is 4. The zero-order chi connectivity index (χ0) is 14.9. The lowest BCUT2D eigenvalue weighted by Crippen LogP contribution is -2.44. The third kappa shape index (κ3) is 2.57. The largest absolute Gasteiger partial charge is 0.442 e. The summed E-state index contributed by atoms with van der Waals surface area (Å²) in [7, 11) is 0. The van der Waals surface area contributed by atoms with Crippen molar-refractivity contribution in [3.63, 3.8) is 0 Å². The molecule has 0 unspecified atom stereocenters. The Balaban J connectivity index is 2.45. The van der Waals surface area contributed by atoms with Crippen molar-refractivity contribution in [2.45, 2.75) is 32.7 Å². The molecule has 2 heterocycles. The van der Waals surface area contributed by atoms with Gasteiger partial charge in [-0.1, -0.05) is 0 Å². The topological polar surface area (TPSA) is 108 Å². The molecular weight excluding hydrogens is 262 g/mol. The Morgan fingerprint density at radius 2 is 2.25 bits per heavy atom. The van der Waals surface area contributed by atoms with Crippen LogP contribution in [-0.2, 0) is 0 Å². The molecule has 2 aromatic rings. The summed E-state index contributed by atoms with van der Waals surface area (Å²) in [5.74, 6) is -0.0836. The fourth-order valence-corrected chi connectivity index (χ4v) is 2.04. The highest BCUT2D eigenvalue weighted by atomic mass is 16.3. The molecule has 2 rings (SSSR count). The molecule has 0 saturated heterocycles. The van der Waals surface area contributed by atoms with Crippen molar-refractivity contribution in [1.29, 1.82) is 0 Å². The number of H-pyrrole nitrogens is 1. The van der Waals surface area contributed by atoms with Gasteiger partial charge in [0.05, 0.1) is 11.9 Å². The van der Waals surface area contributed by atoms with Crippen LogP contribution in [0.25, 0.3) is 11.1 Å². The number of carbonyl (C=O) groups excluding carboxylic acids is 1. The van der Waals surface area contributed by atoms with Crippen molar-refractivity contribution in [3.05, 3.63) is 28.0 Å². The van der Waals surface area contributed by atoms with Crippen LogP contribution in [0.4, 0.5) is 0 Å². The Bertz CT molecular complexity index is 699. The number of fused-ring (bicyclic) bond motifs is 1. The SMILES string of the molecule is Cc1oc2nc[nH]c(=O)c2c1C(=O)NC(C)(C)CCO. The van der Waals surface area contributed by atoms with Gasteiger partial charge in [-0.25, -0.2) is 4.98 Å². The summed E-state index contributed by atoms with van der Waals surface area (Å²) in [4.78, 5) is 30.5. The molecule has 1 amide bonds. The van der Waals surface area contributed by atoms with Crippen LogP contribution in [0.15, 0.2) is 15.5 Å². The number of hydrogen-bond donors (Lipinski definition) is 3. The molecule has 20 heavy (non-hydrogen) atoms. The molecule has 0 bridgehead atoms. The van der Waals surface area contributed by atoms with Gasteiger partial charge in [0.2, 0.25) is 5.71 Å². The van der Waals surface area contributed by atoms with E-state index in [1.54, 1.807) is 20.8 Å². The summed E-state index contributed by atoms with van der Waals surface area (Å²) in [6, 6.07) is 0. The first-order valence-electron chi connectivity index (χ1n) is 6.26. The van der Waals surface area contributed by atoms with Crippen LogP contribution in [0.3, 0.4) is 0 Å². The lowest BCUT2D eigenvalue weighted by atomic mass is 10.0. The Morgan fingerprint density at radius 3 is 2.90 bits per heavy atom. The Kier molecular flexibility index (Phi) is 3.63. The third-order valence-corrected chi connectivity index (χ3v) is 3.09. The van der Waals surface area contributed by atoms with Crippen LogP contribution in [-0.4, -0.2) is 33.1 Å². The van der Waals surface area contributed by atoms with Crippen molar-refractivity contribution in [1.82, 2.24) is 15.3 Å². The molecule has 0 aromatic carbocycles. The normalized spacial score (nSPS) is 11.8. The second-order valence-corrected chi connectivity index (χ2v) is 5.26. The predicted molar refractivity (Wildman–Crippen MR) is 72.6 cm³/mol. The van der Waals surface area contributed by atoms with Crippen LogP contribution in [0, 0.1) is 6.92 Å². The summed E-state index contributed by atoms with van der Waals surface area (Å²) in [6.07, 6.45) is 1.63. The van der Waals surface area contributed by atoms with Gasteiger partial charge in [0.15, 0.2) is 0 Å². The number of aliphatic hydroxyl groups excluding tert-OH is 1. The Morgan fingerprint density at radius 1 is 1.55 bits per heavy atom. The fraction of sp³-hybridized carbons (Fsp3) is 0.462. The Labute approximate surface area is 115 Å². The van der Waals surface area contributed by atoms with E-state index in [2.05, 4.69) is 15.3 Å². The highest BCUT2D eigenvalue weighted by Crippen LogP contribution is 2.21. The molecule has 0 atom stereocenters. The summed E-state index contributed by atoms with van der Waals surface area (Å²) >= 11 is 0. The second-order valence-electron chi connectivity index (χ2n) is 5.26. The van der Waals surface area contributed by atoms with E-state index in [1.165, 1.54) is 6.33 Å². The molecule has 7 nitrogen and oxygen atoms in total. The number of aromatic amines is 1. The summed E-state index contributed by atoms with van der Waals surface area (Å²) < 4.78 is 5.33. The molecule has 0 aliphatic carbocycles. The number of aryl methyl sites for hydroxylation is 1. The molecular formula is C13H17N3O4.